The number of piperidine rings is 1. The lowest BCUT2D eigenvalue weighted by atomic mass is 10.00. The molecule has 0 aromatic rings. The Hall–Kier alpha value is -1.56. The van der Waals surface area contributed by atoms with Crippen LogP contribution in [-0.2, 0) is 19.0 Å². The lowest BCUT2D eigenvalue weighted by Crippen LogP contribution is -2.35. The predicted molar refractivity (Wildman–Crippen MR) is 184 cm³/mol. The molecular formula is C38H71NO5. The van der Waals surface area contributed by atoms with Gasteiger partial charge in [0.05, 0.1) is 6.61 Å². The highest BCUT2D eigenvalue weighted by Gasteiger charge is 2.21. The van der Waals surface area contributed by atoms with Crippen LogP contribution in [0.25, 0.3) is 0 Å². The highest BCUT2D eigenvalue weighted by Crippen LogP contribution is 2.20. The molecule has 1 aliphatic rings. The summed E-state index contributed by atoms with van der Waals surface area (Å²) in [6.07, 6.45) is 32.1. The molecule has 1 fully saturated rings. The number of ether oxygens (including phenoxy) is 3. The molecular weight excluding hydrogens is 550 g/mol. The molecule has 1 rings (SSSR count). The van der Waals surface area contributed by atoms with Gasteiger partial charge in [0, 0.05) is 25.8 Å². The van der Waals surface area contributed by atoms with Crippen molar-refractivity contribution in [3.8, 4) is 0 Å². The number of likely N-dealkylation sites (tertiary alicyclic amines) is 1. The summed E-state index contributed by atoms with van der Waals surface area (Å²) < 4.78 is 17.0. The molecule has 0 saturated carbocycles. The van der Waals surface area contributed by atoms with Gasteiger partial charge >= 0.3 is 12.1 Å². The largest absolute Gasteiger partial charge is 0.508 e. The normalized spacial score (nSPS) is 17.0. The van der Waals surface area contributed by atoms with E-state index in [0.29, 0.717) is 12.5 Å². The monoisotopic (exact) mass is 622 g/mol. The van der Waals surface area contributed by atoms with E-state index in [4.69, 9.17) is 14.2 Å². The molecule has 0 aromatic heterocycles. The fourth-order valence-electron chi connectivity index (χ4n) is 6.32. The summed E-state index contributed by atoms with van der Waals surface area (Å²) in [6, 6.07) is 0. The minimum atomic E-state index is -0.466. The van der Waals surface area contributed by atoms with Crippen LogP contribution in [0.2, 0.25) is 0 Å². The Morgan fingerprint density at radius 2 is 1.27 bits per heavy atom. The molecule has 1 aliphatic heterocycles. The van der Waals surface area contributed by atoms with Crippen molar-refractivity contribution in [1.82, 2.24) is 4.90 Å². The Morgan fingerprint density at radius 1 is 0.727 bits per heavy atom. The van der Waals surface area contributed by atoms with Crippen molar-refractivity contribution in [2.75, 3.05) is 26.7 Å². The summed E-state index contributed by atoms with van der Waals surface area (Å²) >= 11 is 0. The minimum Gasteiger partial charge on any atom is -0.462 e. The zero-order valence-corrected chi connectivity index (χ0v) is 29.5. The van der Waals surface area contributed by atoms with Gasteiger partial charge < -0.3 is 19.1 Å². The molecule has 0 aliphatic carbocycles. The van der Waals surface area contributed by atoms with Crippen LogP contribution in [0.4, 0.5) is 4.79 Å². The molecule has 0 amide bonds. The van der Waals surface area contributed by atoms with Crippen LogP contribution in [0.1, 0.15) is 175 Å². The molecule has 0 aromatic carbocycles. The third-order valence-corrected chi connectivity index (χ3v) is 8.98. The lowest BCUT2D eigenvalue weighted by molar-refractivity contribution is -0.146. The van der Waals surface area contributed by atoms with E-state index in [0.717, 1.165) is 70.9 Å². The second-order valence-electron chi connectivity index (χ2n) is 13.5. The van der Waals surface area contributed by atoms with Crippen LogP contribution < -0.4 is 0 Å². The first-order chi connectivity index (χ1) is 21.4. The van der Waals surface area contributed by atoms with E-state index in [1.54, 1.807) is 0 Å². The van der Waals surface area contributed by atoms with Gasteiger partial charge in [-0.15, -0.1) is 0 Å². The molecule has 6 heteroatoms. The van der Waals surface area contributed by atoms with E-state index in [-0.39, 0.29) is 18.2 Å². The van der Waals surface area contributed by atoms with Crippen LogP contribution in [0.15, 0.2) is 12.2 Å². The molecule has 0 bridgehead atoms. The number of hydrogen-bond donors (Lipinski definition) is 0. The van der Waals surface area contributed by atoms with Crippen LogP contribution >= 0.6 is 0 Å². The molecule has 258 valence electrons. The summed E-state index contributed by atoms with van der Waals surface area (Å²) in [7, 11) is 2.14. The van der Waals surface area contributed by atoms with Gasteiger partial charge in [0.25, 0.3) is 0 Å². The summed E-state index contributed by atoms with van der Waals surface area (Å²) in [5.41, 5.74) is 0. The smallest absolute Gasteiger partial charge is 0.462 e. The van der Waals surface area contributed by atoms with Gasteiger partial charge in [-0.05, 0) is 77.8 Å². The van der Waals surface area contributed by atoms with E-state index in [1.165, 1.54) is 103 Å². The average Bonchev–Trinajstić information content (AvgIpc) is 2.99. The van der Waals surface area contributed by atoms with Crippen molar-refractivity contribution in [2.24, 2.45) is 5.92 Å². The third-order valence-electron chi connectivity index (χ3n) is 8.98. The van der Waals surface area contributed by atoms with Crippen molar-refractivity contribution < 1.29 is 23.8 Å². The number of carbonyl (C=O) groups excluding carboxylic acids is 2. The van der Waals surface area contributed by atoms with Gasteiger partial charge in [0.1, 0.15) is 12.2 Å². The zero-order chi connectivity index (χ0) is 32.1. The number of hydrogen-bond acceptors (Lipinski definition) is 6. The van der Waals surface area contributed by atoms with Gasteiger partial charge in [-0.3, -0.25) is 4.79 Å². The van der Waals surface area contributed by atoms with Gasteiger partial charge in [-0.1, -0.05) is 109 Å². The van der Waals surface area contributed by atoms with Crippen LogP contribution in [0.5, 0.6) is 0 Å². The van der Waals surface area contributed by atoms with Crippen molar-refractivity contribution in [3.05, 3.63) is 12.2 Å². The first-order valence-electron chi connectivity index (χ1n) is 18.8. The second-order valence-corrected chi connectivity index (χ2v) is 13.5. The standard InChI is InChI=1S/C38H71NO5/c1-5-7-9-11-12-15-19-23-29-37(44-38(41)42-33-35-26-25-31-39(4)32-35)30-24-20-17-14-13-16-18-22-28-36(43-34(3)40)27-21-10-8-6-2/h18,22,35-37H,5-17,19-21,23-33H2,1-4H3/t35?,36-,37?/m1/s1. The zero-order valence-electron chi connectivity index (χ0n) is 29.5. The Morgan fingerprint density at radius 3 is 1.86 bits per heavy atom. The minimum absolute atomic E-state index is 0.0211. The Bertz CT molecular complexity index is 711. The number of unbranched alkanes of at least 4 members (excludes halogenated alkanes) is 15. The Balaban J connectivity index is 2.27. The molecule has 2 unspecified atom stereocenters. The van der Waals surface area contributed by atoms with Crippen LogP contribution in [0.3, 0.4) is 0 Å². The lowest BCUT2D eigenvalue weighted by Gasteiger charge is -2.29. The second kappa shape index (κ2) is 28.9. The van der Waals surface area contributed by atoms with E-state index < -0.39 is 6.16 Å². The summed E-state index contributed by atoms with van der Waals surface area (Å²) in [6.45, 7) is 8.60. The first-order valence-corrected chi connectivity index (χ1v) is 18.8. The van der Waals surface area contributed by atoms with Crippen molar-refractivity contribution in [3.63, 3.8) is 0 Å². The number of carbonyl (C=O) groups is 2. The molecule has 1 heterocycles. The maximum absolute atomic E-state index is 12.6. The highest BCUT2D eigenvalue weighted by molar-refractivity contribution is 5.66. The first kappa shape index (κ1) is 40.5. The van der Waals surface area contributed by atoms with Gasteiger partial charge in [0.15, 0.2) is 0 Å². The maximum atomic E-state index is 12.6. The summed E-state index contributed by atoms with van der Waals surface area (Å²) in [5, 5.41) is 0. The molecule has 0 radical (unpaired) electrons. The maximum Gasteiger partial charge on any atom is 0.508 e. The molecule has 3 atom stereocenters. The fourth-order valence-corrected chi connectivity index (χ4v) is 6.32. The van der Waals surface area contributed by atoms with E-state index in [2.05, 4.69) is 37.9 Å². The van der Waals surface area contributed by atoms with E-state index >= 15 is 0 Å². The van der Waals surface area contributed by atoms with E-state index in [1.807, 2.05) is 0 Å². The highest BCUT2D eigenvalue weighted by atomic mass is 16.7. The van der Waals surface area contributed by atoms with Crippen molar-refractivity contribution in [1.29, 1.82) is 0 Å². The Kier molecular flexibility index (Phi) is 26.6. The Labute approximate surface area is 272 Å². The number of nitrogens with zero attached hydrogens (tertiary/aromatic N) is 1. The number of allylic oxidation sites excluding steroid dienone is 1. The summed E-state index contributed by atoms with van der Waals surface area (Å²) in [5.74, 6) is 0.252. The number of esters is 1. The molecule has 0 N–H and O–H groups in total. The van der Waals surface area contributed by atoms with Crippen molar-refractivity contribution >= 4 is 12.1 Å². The van der Waals surface area contributed by atoms with Crippen LogP contribution in [0, 0.1) is 5.92 Å². The predicted octanol–water partition coefficient (Wildman–Crippen LogP) is 11.0. The van der Waals surface area contributed by atoms with Gasteiger partial charge in [0.2, 0.25) is 0 Å². The van der Waals surface area contributed by atoms with Gasteiger partial charge in [-0.2, -0.15) is 0 Å². The topological polar surface area (TPSA) is 65.1 Å². The van der Waals surface area contributed by atoms with Crippen LogP contribution in [-0.4, -0.2) is 56.0 Å². The molecule has 6 nitrogen and oxygen atoms in total. The average molecular weight is 622 g/mol. The quantitative estimate of drug-likeness (QED) is 0.0492. The van der Waals surface area contributed by atoms with Crippen molar-refractivity contribution in [2.45, 2.75) is 187 Å². The SMILES string of the molecule is CCCCCCCCCCC(CCCCCCCC=CC[C@@H](CCCCCC)OC(C)=O)OC(=O)OCC1CCCN(C)C1. The fraction of sp³-hybridized carbons (Fsp3) is 0.895. The van der Waals surface area contributed by atoms with Gasteiger partial charge in [-0.25, -0.2) is 4.79 Å². The number of rotatable bonds is 28. The molecule has 44 heavy (non-hydrogen) atoms. The molecule has 1 saturated heterocycles. The summed E-state index contributed by atoms with van der Waals surface area (Å²) in [4.78, 5) is 26.3. The molecule has 0 spiro atoms. The van der Waals surface area contributed by atoms with E-state index in [9.17, 15) is 9.59 Å². The third kappa shape index (κ3) is 24.7.